The molecule has 0 fully saturated rings. The number of carbonyl (C=O) groups excluding carboxylic acids is 1. The highest BCUT2D eigenvalue weighted by atomic mass is 32.1. The van der Waals surface area contributed by atoms with Crippen LogP contribution < -0.4 is 14.5 Å². The van der Waals surface area contributed by atoms with E-state index in [1.807, 2.05) is 36.4 Å². The van der Waals surface area contributed by atoms with Crippen molar-refractivity contribution in [3.63, 3.8) is 0 Å². The second kappa shape index (κ2) is 9.66. The van der Waals surface area contributed by atoms with Gasteiger partial charge in [-0.2, -0.15) is 0 Å². The molecule has 0 saturated carbocycles. The number of para-hydroxylation sites is 2. The normalized spacial score (nSPS) is 11.1. The number of hydrogen-bond acceptors (Lipinski definition) is 4. The predicted molar refractivity (Wildman–Crippen MR) is 116 cm³/mol. The van der Waals surface area contributed by atoms with Crippen molar-refractivity contribution >= 4 is 32.6 Å². The summed E-state index contributed by atoms with van der Waals surface area (Å²) < 4.78 is 6.81. The summed E-state index contributed by atoms with van der Waals surface area (Å²) in [5.41, 5.74) is 2.10. The van der Waals surface area contributed by atoms with Gasteiger partial charge >= 0.3 is 0 Å². The highest BCUT2D eigenvalue weighted by molar-refractivity contribution is 7.22. The molecule has 3 aromatic rings. The molecule has 0 radical (unpaired) electrons. The molecule has 0 aliphatic carbocycles. The molecule has 148 valence electrons. The van der Waals surface area contributed by atoms with Crippen LogP contribution in [0.4, 0.5) is 5.13 Å². The van der Waals surface area contributed by atoms with Gasteiger partial charge in [-0.25, -0.2) is 4.98 Å². The first-order chi connectivity index (χ1) is 13.6. The lowest BCUT2D eigenvalue weighted by atomic mass is 10.2. The van der Waals surface area contributed by atoms with Gasteiger partial charge < -0.3 is 9.64 Å². The van der Waals surface area contributed by atoms with Crippen LogP contribution in [0.3, 0.4) is 0 Å². The average Bonchev–Trinajstić information content (AvgIpc) is 3.15. The van der Waals surface area contributed by atoms with E-state index in [1.165, 1.54) is 4.90 Å². The zero-order chi connectivity index (χ0) is 19.9. The number of carbonyl (C=O) groups is 1. The van der Waals surface area contributed by atoms with Gasteiger partial charge in [0.05, 0.1) is 36.4 Å². The molecule has 0 spiro atoms. The van der Waals surface area contributed by atoms with Gasteiger partial charge in [0.2, 0.25) is 0 Å². The standard InChI is InChI=1S/C22H27N3O2S/c1-4-24(5-2)14-15-25(20(26)16-27-18-11-7-6-8-12-18)22-23-21-17(3)10-9-13-19(21)28-22/h6-13H,4-5,14-16H2,1-3H3/p+1. The van der Waals surface area contributed by atoms with Crippen molar-refractivity contribution in [2.24, 2.45) is 0 Å². The third kappa shape index (κ3) is 4.88. The molecule has 2 aromatic carbocycles. The topological polar surface area (TPSA) is 46.9 Å². The monoisotopic (exact) mass is 398 g/mol. The van der Waals surface area contributed by atoms with E-state index in [-0.39, 0.29) is 12.5 Å². The smallest absolute Gasteiger partial charge is 0.266 e. The Hall–Kier alpha value is -2.44. The van der Waals surface area contributed by atoms with Gasteiger partial charge in [-0.3, -0.25) is 9.69 Å². The zero-order valence-corrected chi connectivity index (χ0v) is 17.6. The molecule has 3 rings (SSSR count). The number of benzene rings is 2. The Labute approximate surface area is 170 Å². The van der Waals surface area contributed by atoms with Crippen LogP contribution in [0.5, 0.6) is 5.75 Å². The molecule has 0 saturated heterocycles. The predicted octanol–water partition coefficient (Wildman–Crippen LogP) is 2.94. The summed E-state index contributed by atoms with van der Waals surface area (Å²) in [7, 11) is 0. The van der Waals surface area contributed by atoms with Crippen molar-refractivity contribution in [3.05, 3.63) is 54.1 Å². The number of hydrogen-bond donors (Lipinski definition) is 1. The Balaban J connectivity index is 1.80. The van der Waals surface area contributed by atoms with Gasteiger partial charge in [0.25, 0.3) is 5.91 Å². The summed E-state index contributed by atoms with van der Waals surface area (Å²) in [6, 6.07) is 15.6. The van der Waals surface area contributed by atoms with Crippen LogP contribution in [0.2, 0.25) is 0 Å². The molecule has 0 aliphatic rings. The third-order valence-electron chi connectivity index (χ3n) is 4.94. The number of rotatable bonds is 9. The van der Waals surface area contributed by atoms with Gasteiger partial charge in [0.15, 0.2) is 11.7 Å². The van der Waals surface area contributed by atoms with Crippen molar-refractivity contribution < 1.29 is 14.4 Å². The van der Waals surface area contributed by atoms with Crippen LogP contribution >= 0.6 is 11.3 Å². The quantitative estimate of drug-likeness (QED) is 0.603. The number of aryl methyl sites for hydroxylation is 1. The second-order valence-corrected chi connectivity index (χ2v) is 7.78. The third-order valence-corrected chi connectivity index (χ3v) is 5.98. The van der Waals surface area contributed by atoms with Gasteiger partial charge in [0, 0.05) is 0 Å². The van der Waals surface area contributed by atoms with Crippen molar-refractivity contribution in [1.29, 1.82) is 0 Å². The number of nitrogens with one attached hydrogen (secondary N) is 1. The molecule has 1 amide bonds. The number of thiazole rings is 1. The Morgan fingerprint density at radius 3 is 2.54 bits per heavy atom. The Morgan fingerprint density at radius 1 is 1.11 bits per heavy atom. The van der Waals surface area contributed by atoms with Crippen LogP contribution in [0.25, 0.3) is 10.2 Å². The first-order valence-corrected chi connectivity index (χ1v) is 10.6. The molecular weight excluding hydrogens is 370 g/mol. The van der Waals surface area contributed by atoms with Crippen molar-refractivity contribution in [1.82, 2.24) is 4.98 Å². The molecule has 1 heterocycles. The minimum absolute atomic E-state index is 0.00645. The van der Waals surface area contributed by atoms with Crippen LogP contribution in [0, 0.1) is 6.92 Å². The first-order valence-electron chi connectivity index (χ1n) is 9.80. The van der Waals surface area contributed by atoms with Gasteiger partial charge in [-0.1, -0.05) is 41.7 Å². The van der Waals surface area contributed by atoms with E-state index in [9.17, 15) is 4.79 Å². The lowest BCUT2D eigenvalue weighted by Crippen LogP contribution is -3.12. The maximum absolute atomic E-state index is 13.0. The highest BCUT2D eigenvalue weighted by Crippen LogP contribution is 2.30. The number of likely N-dealkylation sites (N-methyl/N-ethyl adjacent to an activating group) is 1. The molecule has 0 atom stereocenters. The molecule has 0 aliphatic heterocycles. The number of quaternary nitrogens is 1. The number of anilines is 1. The lowest BCUT2D eigenvalue weighted by molar-refractivity contribution is -0.894. The Bertz CT molecular complexity index is 907. The molecule has 0 unspecified atom stereocenters. The first kappa shape index (κ1) is 20.3. The largest absolute Gasteiger partial charge is 0.484 e. The van der Waals surface area contributed by atoms with Crippen LogP contribution in [0.15, 0.2) is 48.5 Å². The Kier molecular flexibility index (Phi) is 7.01. The summed E-state index contributed by atoms with van der Waals surface area (Å²) in [6.45, 7) is 10.0. The fourth-order valence-corrected chi connectivity index (χ4v) is 4.22. The van der Waals surface area contributed by atoms with E-state index in [0.717, 1.165) is 40.5 Å². The van der Waals surface area contributed by atoms with E-state index in [1.54, 1.807) is 16.2 Å². The van der Waals surface area contributed by atoms with Crippen molar-refractivity contribution in [2.75, 3.05) is 37.7 Å². The summed E-state index contributed by atoms with van der Waals surface area (Å²) in [5.74, 6) is 0.637. The van der Waals surface area contributed by atoms with Crippen LogP contribution in [0.1, 0.15) is 19.4 Å². The number of nitrogens with zero attached hydrogens (tertiary/aromatic N) is 2. The Morgan fingerprint density at radius 2 is 1.86 bits per heavy atom. The van der Waals surface area contributed by atoms with Gasteiger partial charge in [-0.15, -0.1) is 0 Å². The van der Waals surface area contributed by atoms with E-state index in [4.69, 9.17) is 9.72 Å². The summed E-state index contributed by atoms with van der Waals surface area (Å²) in [6.07, 6.45) is 0. The number of ether oxygens (including phenoxy) is 1. The van der Waals surface area contributed by atoms with E-state index >= 15 is 0 Å². The maximum atomic E-state index is 13.0. The van der Waals surface area contributed by atoms with E-state index < -0.39 is 0 Å². The highest BCUT2D eigenvalue weighted by Gasteiger charge is 2.22. The number of fused-ring (bicyclic) bond motifs is 1. The summed E-state index contributed by atoms with van der Waals surface area (Å²) in [4.78, 5) is 21.1. The van der Waals surface area contributed by atoms with Gasteiger partial charge in [0.1, 0.15) is 5.75 Å². The maximum Gasteiger partial charge on any atom is 0.266 e. The minimum Gasteiger partial charge on any atom is -0.484 e. The summed E-state index contributed by atoms with van der Waals surface area (Å²) in [5, 5.41) is 0.748. The van der Waals surface area contributed by atoms with E-state index in [0.29, 0.717) is 12.3 Å². The zero-order valence-electron chi connectivity index (χ0n) is 16.8. The average molecular weight is 399 g/mol. The lowest BCUT2D eigenvalue weighted by Gasteiger charge is -2.23. The molecule has 5 nitrogen and oxygen atoms in total. The molecule has 0 bridgehead atoms. The fraction of sp³-hybridized carbons (Fsp3) is 0.364. The van der Waals surface area contributed by atoms with Crippen LogP contribution in [-0.4, -0.2) is 43.7 Å². The summed E-state index contributed by atoms with van der Waals surface area (Å²) >= 11 is 1.57. The fourth-order valence-electron chi connectivity index (χ4n) is 3.13. The molecule has 28 heavy (non-hydrogen) atoms. The SMILES string of the molecule is CC[NH+](CC)CCN(C(=O)COc1ccccc1)c1nc2c(C)cccc2s1. The number of amides is 1. The molecule has 1 aromatic heterocycles. The molecule has 1 N–H and O–H groups in total. The van der Waals surface area contributed by atoms with Crippen molar-refractivity contribution in [2.45, 2.75) is 20.8 Å². The molecule has 6 heteroatoms. The minimum atomic E-state index is -0.0629. The second-order valence-electron chi connectivity index (χ2n) is 6.77. The van der Waals surface area contributed by atoms with Crippen LogP contribution in [-0.2, 0) is 4.79 Å². The van der Waals surface area contributed by atoms with Crippen molar-refractivity contribution in [3.8, 4) is 5.75 Å². The van der Waals surface area contributed by atoms with E-state index in [2.05, 4.69) is 32.9 Å². The molecular formula is C22H28N3O2S+. The van der Waals surface area contributed by atoms with Gasteiger partial charge in [-0.05, 0) is 44.5 Å². The number of aromatic nitrogens is 1.